The molecule has 0 spiro atoms. The predicted octanol–water partition coefficient (Wildman–Crippen LogP) is 3.57. The second kappa shape index (κ2) is 6.76. The minimum atomic E-state index is -0.626. The van der Waals surface area contributed by atoms with Gasteiger partial charge in [0.15, 0.2) is 0 Å². The highest BCUT2D eigenvalue weighted by atomic mass is 16.5. The molecular formula is C19H20N4O2. The van der Waals surface area contributed by atoms with Gasteiger partial charge in [0, 0.05) is 12.4 Å². The van der Waals surface area contributed by atoms with Crippen LogP contribution in [0.25, 0.3) is 0 Å². The van der Waals surface area contributed by atoms with Crippen molar-refractivity contribution in [1.29, 1.82) is 0 Å². The minimum absolute atomic E-state index is 0.275. The maximum Gasteiger partial charge on any atom is 0.270 e. The van der Waals surface area contributed by atoms with Gasteiger partial charge in [-0.1, -0.05) is 12.1 Å². The number of rotatable bonds is 5. The van der Waals surface area contributed by atoms with Crippen LogP contribution in [0.1, 0.15) is 35.7 Å². The highest BCUT2D eigenvalue weighted by Gasteiger charge is 2.26. The van der Waals surface area contributed by atoms with E-state index >= 15 is 0 Å². The van der Waals surface area contributed by atoms with Gasteiger partial charge in [-0.2, -0.15) is 0 Å². The molecule has 3 aromatic rings. The molecule has 0 saturated carbocycles. The van der Waals surface area contributed by atoms with Crippen LogP contribution in [0.3, 0.4) is 0 Å². The lowest BCUT2D eigenvalue weighted by atomic mass is 10.0. The van der Waals surface area contributed by atoms with Crippen molar-refractivity contribution >= 4 is 5.91 Å². The molecule has 0 atom stereocenters. The Bertz CT molecular complexity index is 855. The lowest BCUT2D eigenvalue weighted by Crippen LogP contribution is -2.42. The molecule has 0 aliphatic carbocycles. The maximum absolute atomic E-state index is 12.4. The molecule has 1 amide bonds. The van der Waals surface area contributed by atoms with E-state index in [2.05, 4.69) is 20.3 Å². The summed E-state index contributed by atoms with van der Waals surface area (Å²) in [5.41, 5.74) is 0.803. The van der Waals surface area contributed by atoms with Crippen LogP contribution in [0.2, 0.25) is 0 Å². The molecule has 128 valence electrons. The van der Waals surface area contributed by atoms with Crippen LogP contribution in [0, 0.1) is 6.92 Å². The van der Waals surface area contributed by atoms with Crippen molar-refractivity contribution in [2.24, 2.45) is 0 Å². The van der Waals surface area contributed by atoms with E-state index in [1.54, 1.807) is 24.5 Å². The Kier molecular flexibility index (Phi) is 4.52. The molecule has 6 heteroatoms. The first-order valence-electron chi connectivity index (χ1n) is 7.97. The van der Waals surface area contributed by atoms with E-state index in [1.807, 2.05) is 45.0 Å². The zero-order valence-corrected chi connectivity index (χ0v) is 14.4. The third-order valence-electron chi connectivity index (χ3n) is 3.71. The van der Waals surface area contributed by atoms with Crippen LogP contribution in [0.4, 0.5) is 0 Å². The zero-order valence-electron chi connectivity index (χ0n) is 14.4. The van der Waals surface area contributed by atoms with Gasteiger partial charge in [0.1, 0.15) is 23.0 Å². The molecule has 0 saturated heterocycles. The number of hydrogen-bond donors (Lipinski definition) is 2. The van der Waals surface area contributed by atoms with Gasteiger partial charge < -0.3 is 15.0 Å². The number of aromatic amines is 1. The molecule has 2 heterocycles. The summed E-state index contributed by atoms with van der Waals surface area (Å²) in [7, 11) is 0. The average Bonchev–Trinajstić information content (AvgIpc) is 3.10. The highest BCUT2D eigenvalue weighted by Crippen LogP contribution is 2.22. The fourth-order valence-corrected chi connectivity index (χ4v) is 2.40. The van der Waals surface area contributed by atoms with Crippen LogP contribution < -0.4 is 10.1 Å². The molecule has 1 aromatic carbocycles. The summed E-state index contributed by atoms with van der Waals surface area (Å²) in [4.78, 5) is 23.8. The number of H-pyrrole nitrogens is 1. The standard InChI is InChI=1S/C19H20N4O2/c1-13-5-4-6-14(11-13)25-15-7-8-16(22-12-15)17(24)23-19(2,3)18-20-9-10-21-18/h4-12H,1-3H3,(H,20,21)(H,23,24). The quantitative estimate of drug-likeness (QED) is 0.746. The Morgan fingerprint density at radius 1 is 1.16 bits per heavy atom. The number of carbonyl (C=O) groups excluding carboxylic acids is 1. The van der Waals surface area contributed by atoms with Crippen LogP contribution in [0.5, 0.6) is 11.5 Å². The van der Waals surface area contributed by atoms with Gasteiger partial charge in [-0.25, -0.2) is 9.97 Å². The molecule has 0 aliphatic rings. The Balaban J connectivity index is 1.68. The summed E-state index contributed by atoms with van der Waals surface area (Å²) in [6.45, 7) is 5.75. The molecule has 0 fully saturated rings. The van der Waals surface area contributed by atoms with Crippen LogP contribution >= 0.6 is 0 Å². The van der Waals surface area contributed by atoms with Gasteiger partial charge in [-0.15, -0.1) is 0 Å². The van der Waals surface area contributed by atoms with Gasteiger partial charge in [-0.05, 0) is 50.6 Å². The highest BCUT2D eigenvalue weighted by molar-refractivity contribution is 5.92. The number of amides is 1. The van der Waals surface area contributed by atoms with E-state index in [0.29, 0.717) is 17.3 Å². The third-order valence-corrected chi connectivity index (χ3v) is 3.71. The Hall–Kier alpha value is -3.15. The Morgan fingerprint density at radius 2 is 2.00 bits per heavy atom. The zero-order chi connectivity index (χ0) is 17.9. The first-order chi connectivity index (χ1) is 11.9. The molecule has 3 rings (SSSR count). The number of carbonyl (C=O) groups is 1. The van der Waals surface area contributed by atoms with E-state index in [-0.39, 0.29) is 5.91 Å². The molecular weight excluding hydrogens is 316 g/mol. The summed E-state index contributed by atoms with van der Waals surface area (Å²) in [5.74, 6) is 1.72. The first kappa shape index (κ1) is 16.7. The molecule has 6 nitrogen and oxygen atoms in total. The minimum Gasteiger partial charge on any atom is -0.456 e. The van der Waals surface area contributed by atoms with Crippen molar-refractivity contribution in [2.75, 3.05) is 0 Å². The summed E-state index contributed by atoms with van der Waals surface area (Å²) >= 11 is 0. The number of nitrogens with zero attached hydrogens (tertiary/aromatic N) is 2. The van der Waals surface area contributed by atoms with Crippen molar-refractivity contribution in [2.45, 2.75) is 26.3 Å². The maximum atomic E-state index is 12.4. The molecule has 0 radical (unpaired) electrons. The summed E-state index contributed by atoms with van der Waals surface area (Å²) in [6.07, 6.45) is 4.91. The monoisotopic (exact) mass is 336 g/mol. The van der Waals surface area contributed by atoms with Crippen LogP contribution in [-0.2, 0) is 5.54 Å². The topological polar surface area (TPSA) is 79.9 Å². The van der Waals surface area contributed by atoms with Gasteiger partial charge >= 0.3 is 0 Å². The second-order valence-corrected chi connectivity index (χ2v) is 6.31. The van der Waals surface area contributed by atoms with Gasteiger partial charge in [0.2, 0.25) is 0 Å². The molecule has 25 heavy (non-hydrogen) atoms. The van der Waals surface area contributed by atoms with Crippen LogP contribution in [0.15, 0.2) is 55.0 Å². The summed E-state index contributed by atoms with van der Waals surface area (Å²) < 4.78 is 5.74. The van der Waals surface area contributed by atoms with Crippen LogP contribution in [-0.4, -0.2) is 20.9 Å². The third kappa shape index (κ3) is 4.03. The van der Waals surface area contributed by atoms with Crippen molar-refractivity contribution in [3.63, 3.8) is 0 Å². The van der Waals surface area contributed by atoms with Gasteiger partial charge in [0.25, 0.3) is 5.91 Å². The Morgan fingerprint density at radius 3 is 2.64 bits per heavy atom. The van der Waals surface area contributed by atoms with E-state index in [0.717, 1.165) is 11.3 Å². The summed E-state index contributed by atoms with van der Waals surface area (Å²) in [6, 6.07) is 11.1. The Labute approximate surface area is 146 Å². The van der Waals surface area contributed by atoms with Crippen molar-refractivity contribution in [1.82, 2.24) is 20.3 Å². The molecule has 0 aliphatic heterocycles. The number of aromatic nitrogens is 3. The predicted molar refractivity (Wildman–Crippen MR) is 94.6 cm³/mol. The molecule has 2 N–H and O–H groups in total. The van der Waals surface area contributed by atoms with Gasteiger partial charge in [0.05, 0.1) is 11.7 Å². The smallest absolute Gasteiger partial charge is 0.270 e. The number of aryl methyl sites for hydroxylation is 1. The number of hydrogen-bond acceptors (Lipinski definition) is 4. The number of ether oxygens (including phenoxy) is 1. The lowest BCUT2D eigenvalue weighted by Gasteiger charge is -2.23. The first-order valence-corrected chi connectivity index (χ1v) is 7.97. The van der Waals surface area contributed by atoms with E-state index in [9.17, 15) is 4.79 Å². The van der Waals surface area contributed by atoms with E-state index in [1.165, 1.54) is 6.20 Å². The van der Waals surface area contributed by atoms with Crippen molar-refractivity contribution in [3.8, 4) is 11.5 Å². The molecule has 0 unspecified atom stereocenters. The molecule has 2 aromatic heterocycles. The van der Waals surface area contributed by atoms with E-state index < -0.39 is 5.54 Å². The van der Waals surface area contributed by atoms with Crippen molar-refractivity contribution < 1.29 is 9.53 Å². The molecule has 0 bridgehead atoms. The van der Waals surface area contributed by atoms with Gasteiger partial charge in [-0.3, -0.25) is 4.79 Å². The summed E-state index contributed by atoms with van der Waals surface area (Å²) in [5, 5.41) is 2.92. The largest absolute Gasteiger partial charge is 0.456 e. The lowest BCUT2D eigenvalue weighted by molar-refractivity contribution is 0.0903. The number of nitrogens with one attached hydrogen (secondary N) is 2. The SMILES string of the molecule is Cc1cccc(Oc2ccc(C(=O)NC(C)(C)c3ncc[nH]3)nc2)c1. The average molecular weight is 336 g/mol. The number of pyridine rings is 1. The normalized spacial score (nSPS) is 11.2. The number of benzene rings is 1. The fraction of sp³-hybridized carbons (Fsp3) is 0.211. The second-order valence-electron chi connectivity index (χ2n) is 6.31. The number of imidazole rings is 1. The van der Waals surface area contributed by atoms with E-state index in [4.69, 9.17) is 4.74 Å². The fourth-order valence-electron chi connectivity index (χ4n) is 2.40. The van der Waals surface area contributed by atoms with Crippen molar-refractivity contribution in [3.05, 3.63) is 72.1 Å².